The topological polar surface area (TPSA) is 80.1 Å². The second-order valence-corrected chi connectivity index (χ2v) is 8.39. The van der Waals surface area contributed by atoms with E-state index in [4.69, 9.17) is 16.3 Å². The molecule has 0 radical (unpaired) electrons. The number of amidine groups is 1. The van der Waals surface area contributed by atoms with Crippen LogP contribution in [-0.4, -0.2) is 34.1 Å². The van der Waals surface area contributed by atoms with Crippen molar-refractivity contribution >= 4 is 46.1 Å². The van der Waals surface area contributed by atoms with Crippen LogP contribution in [0.25, 0.3) is 0 Å². The molecule has 0 bridgehead atoms. The molecule has 8 heteroatoms. The van der Waals surface area contributed by atoms with Gasteiger partial charge < -0.3 is 10.1 Å². The monoisotopic (exact) mass is 427 g/mol. The second kappa shape index (κ2) is 8.39. The highest BCUT2D eigenvalue weighted by Gasteiger charge is 2.31. The lowest BCUT2D eigenvalue weighted by molar-refractivity contribution is -0.118. The van der Waals surface area contributed by atoms with Crippen molar-refractivity contribution in [1.29, 1.82) is 0 Å². The smallest absolute Gasteiger partial charge is 0.339 e. The highest BCUT2D eigenvalue weighted by Crippen LogP contribution is 2.27. The Balaban J connectivity index is 1.44. The number of nitrogens with zero attached hydrogens (tertiary/aromatic N) is 2. The summed E-state index contributed by atoms with van der Waals surface area (Å²) in [6.45, 7) is 1.76. The summed E-state index contributed by atoms with van der Waals surface area (Å²) in [4.78, 5) is 24.4. The van der Waals surface area contributed by atoms with Gasteiger partial charge in [-0.2, -0.15) is 5.10 Å². The largest absolute Gasteiger partial charge is 0.452 e. The first-order chi connectivity index (χ1) is 14.0. The van der Waals surface area contributed by atoms with Crippen LogP contribution in [0.2, 0.25) is 5.02 Å². The minimum Gasteiger partial charge on any atom is -0.452 e. The predicted molar refractivity (Wildman–Crippen MR) is 115 cm³/mol. The quantitative estimate of drug-likeness (QED) is 0.459. The number of thioether (sulfide) groups is 1. The Bertz CT molecular complexity index is 1040. The predicted octanol–water partition coefficient (Wildman–Crippen LogP) is 3.63. The number of cyclic esters (lactones) is 1. The number of benzene rings is 2. The Labute approximate surface area is 177 Å². The van der Waals surface area contributed by atoms with Gasteiger partial charge in [0.15, 0.2) is 5.17 Å². The number of rotatable bonds is 4. The Hall–Kier alpha value is -2.64. The number of fused-ring (bicyclic) bond motifs is 1. The summed E-state index contributed by atoms with van der Waals surface area (Å²) < 4.78 is 5.48. The van der Waals surface area contributed by atoms with Gasteiger partial charge in [-0.05, 0) is 36.6 Å². The van der Waals surface area contributed by atoms with Crippen molar-refractivity contribution in [3.8, 4) is 0 Å². The van der Waals surface area contributed by atoms with Crippen molar-refractivity contribution in [2.24, 2.45) is 10.2 Å². The van der Waals surface area contributed by atoms with Crippen LogP contribution in [-0.2, 0) is 22.4 Å². The van der Waals surface area contributed by atoms with Crippen molar-refractivity contribution in [3.63, 3.8) is 0 Å². The summed E-state index contributed by atoms with van der Waals surface area (Å²) in [6.07, 6.45) is 0.592. The van der Waals surface area contributed by atoms with Gasteiger partial charge in [-0.3, -0.25) is 4.79 Å². The number of carbonyl (C=O) groups excluding carboxylic acids is 2. The average molecular weight is 428 g/mol. The second-order valence-electron chi connectivity index (χ2n) is 6.79. The molecule has 4 rings (SSSR count). The van der Waals surface area contributed by atoms with Crippen LogP contribution in [0.3, 0.4) is 0 Å². The summed E-state index contributed by atoms with van der Waals surface area (Å²) in [6, 6.07) is 14.8. The fourth-order valence-corrected chi connectivity index (χ4v) is 4.36. The van der Waals surface area contributed by atoms with Crippen LogP contribution >= 0.6 is 23.4 Å². The molecule has 2 atom stereocenters. The van der Waals surface area contributed by atoms with E-state index in [1.807, 2.05) is 36.4 Å². The summed E-state index contributed by atoms with van der Waals surface area (Å²) >= 11 is 7.50. The molecule has 2 aromatic carbocycles. The van der Waals surface area contributed by atoms with Crippen molar-refractivity contribution in [3.05, 3.63) is 70.2 Å². The van der Waals surface area contributed by atoms with E-state index in [2.05, 4.69) is 15.5 Å². The number of halogens is 1. The van der Waals surface area contributed by atoms with Gasteiger partial charge in [0, 0.05) is 11.4 Å². The van der Waals surface area contributed by atoms with E-state index >= 15 is 0 Å². The van der Waals surface area contributed by atoms with Gasteiger partial charge in [0.1, 0.15) is 6.10 Å². The van der Waals surface area contributed by atoms with Gasteiger partial charge >= 0.3 is 5.97 Å². The molecule has 29 heavy (non-hydrogen) atoms. The van der Waals surface area contributed by atoms with Gasteiger partial charge in [0.2, 0.25) is 5.91 Å². The molecule has 0 aliphatic carbocycles. The van der Waals surface area contributed by atoms with Crippen LogP contribution in [0.1, 0.15) is 28.4 Å². The molecule has 1 fully saturated rings. The Morgan fingerprint density at radius 2 is 1.97 bits per heavy atom. The zero-order chi connectivity index (χ0) is 20.4. The number of carbonyl (C=O) groups is 2. The zero-order valence-electron chi connectivity index (χ0n) is 15.6. The molecule has 148 valence electrons. The first-order valence-electron chi connectivity index (χ1n) is 9.13. The summed E-state index contributed by atoms with van der Waals surface area (Å²) in [5, 5.41) is 11.8. The SMILES string of the molecule is C/C(=N\N=C1\NC(=O)C(Cc2ccccc2Cl)S1)C1Cc2ccccc2C(=O)O1. The lowest BCUT2D eigenvalue weighted by Crippen LogP contribution is -2.33. The molecule has 1 amide bonds. The molecule has 1 N–H and O–H groups in total. The number of ether oxygens (including phenoxy) is 1. The fourth-order valence-electron chi connectivity index (χ4n) is 3.20. The third-order valence-corrected chi connectivity index (χ3v) is 6.24. The van der Waals surface area contributed by atoms with Gasteiger partial charge in [0.05, 0.1) is 16.5 Å². The van der Waals surface area contributed by atoms with E-state index in [0.717, 1.165) is 11.1 Å². The zero-order valence-corrected chi connectivity index (χ0v) is 17.2. The van der Waals surface area contributed by atoms with E-state index in [1.165, 1.54) is 11.8 Å². The fraction of sp³-hybridized carbons (Fsp3) is 0.238. The molecule has 2 aliphatic heterocycles. The number of hydrogen-bond acceptors (Lipinski definition) is 6. The van der Waals surface area contributed by atoms with Crippen molar-refractivity contribution < 1.29 is 14.3 Å². The molecule has 2 unspecified atom stereocenters. The minimum atomic E-state index is -0.470. The van der Waals surface area contributed by atoms with Crippen LogP contribution < -0.4 is 5.32 Å². The van der Waals surface area contributed by atoms with E-state index in [0.29, 0.717) is 34.3 Å². The maximum absolute atomic E-state index is 12.3. The maximum atomic E-state index is 12.3. The molecular formula is C21H18ClN3O3S. The van der Waals surface area contributed by atoms with Gasteiger partial charge in [0.25, 0.3) is 0 Å². The highest BCUT2D eigenvalue weighted by atomic mass is 35.5. The maximum Gasteiger partial charge on any atom is 0.339 e. The lowest BCUT2D eigenvalue weighted by Gasteiger charge is -2.23. The normalized spacial score (nSPS) is 23.0. The van der Waals surface area contributed by atoms with E-state index < -0.39 is 6.10 Å². The van der Waals surface area contributed by atoms with Crippen molar-refractivity contribution in [2.45, 2.75) is 31.1 Å². The third-order valence-electron chi connectivity index (χ3n) is 4.80. The van der Waals surface area contributed by atoms with Crippen LogP contribution in [0.4, 0.5) is 0 Å². The summed E-state index contributed by atoms with van der Waals surface area (Å²) in [7, 11) is 0. The van der Waals surface area contributed by atoms with Gasteiger partial charge in [-0.25, -0.2) is 4.79 Å². The standard InChI is InChI=1S/C21H18ClN3O3S/c1-12(17-10-13-6-2-4-8-15(13)20(27)28-17)24-25-21-23-19(26)18(29-21)11-14-7-3-5-9-16(14)22/h2-9,17-18H,10-11H2,1H3,(H,23,25,26)/b24-12+. The Morgan fingerprint density at radius 1 is 1.21 bits per heavy atom. The van der Waals surface area contributed by atoms with Gasteiger partial charge in [-0.15, -0.1) is 5.10 Å². The van der Waals surface area contributed by atoms with Crippen LogP contribution in [0.5, 0.6) is 0 Å². The Morgan fingerprint density at radius 3 is 2.79 bits per heavy atom. The Kier molecular flexibility index (Phi) is 5.69. The van der Waals surface area contributed by atoms with E-state index in [-0.39, 0.29) is 17.1 Å². The first-order valence-corrected chi connectivity index (χ1v) is 10.4. The summed E-state index contributed by atoms with van der Waals surface area (Å²) in [5.41, 5.74) is 3.00. The van der Waals surface area contributed by atoms with Gasteiger partial charge in [-0.1, -0.05) is 59.8 Å². The molecule has 1 saturated heterocycles. The third kappa shape index (κ3) is 4.36. The number of nitrogens with one attached hydrogen (secondary N) is 1. The molecule has 0 aromatic heterocycles. The molecule has 2 aliphatic rings. The number of hydrogen-bond donors (Lipinski definition) is 1. The minimum absolute atomic E-state index is 0.125. The van der Waals surface area contributed by atoms with Crippen molar-refractivity contribution in [1.82, 2.24) is 5.32 Å². The molecule has 2 aromatic rings. The molecule has 0 spiro atoms. The summed E-state index contributed by atoms with van der Waals surface area (Å²) in [5.74, 6) is -0.484. The van der Waals surface area contributed by atoms with Crippen molar-refractivity contribution in [2.75, 3.05) is 0 Å². The molecule has 0 saturated carbocycles. The first kappa shape index (κ1) is 19.7. The molecule has 2 heterocycles. The number of amides is 1. The lowest BCUT2D eigenvalue weighted by atomic mass is 9.97. The highest BCUT2D eigenvalue weighted by molar-refractivity contribution is 8.15. The molecular weight excluding hydrogens is 410 g/mol. The van der Waals surface area contributed by atoms with Crippen LogP contribution in [0, 0.1) is 0 Å². The molecule has 6 nitrogen and oxygen atoms in total. The van der Waals surface area contributed by atoms with E-state index in [1.54, 1.807) is 19.1 Å². The average Bonchev–Trinajstić information content (AvgIpc) is 3.07. The van der Waals surface area contributed by atoms with Crippen LogP contribution in [0.15, 0.2) is 58.7 Å². The van der Waals surface area contributed by atoms with E-state index in [9.17, 15) is 9.59 Å². The number of esters is 1.